The number of benzene rings is 1. The maximum atomic E-state index is 14.9. The Bertz CT molecular complexity index is 1400. The van der Waals surface area contributed by atoms with Crippen LogP contribution < -0.4 is 19.8 Å². The van der Waals surface area contributed by atoms with Crippen molar-refractivity contribution in [3.05, 3.63) is 62.9 Å². The first-order chi connectivity index (χ1) is 15.4. The Morgan fingerprint density at radius 2 is 1.97 bits per heavy atom. The summed E-state index contributed by atoms with van der Waals surface area (Å²) in [4.78, 5) is 29.6. The minimum Gasteiger partial charge on any atom is -0.422 e. The van der Waals surface area contributed by atoms with Gasteiger partial charge in [-0.1, -0.05) is 0 Å². The fourth-order valence-electron chi connectivity index (χ4n) is 3.08. The molecule has 10 nitrogen and oxygen atoms in total. The second-order valence-corrected chi connectivity index (χ2v) is 9.11. The lowest BCUT2D eigenvalue weighted by Gasteiger charge is -2.14. The standard InChI is InChI=1S/C21H23FN4O6S/c1-11-8-14-12(2)15(20(27)31-17(14)10-16(11)32-21(28)26(4)5)9-13-6-7-24-19(18(13)22)25-33(29,30)23-3/h6-8,10,23H,9H2,1-5H3,(H,24,25). The fourth-order valence-corrected chi connectivity index (χ4v) is 3.58. The summed E-state index contributed by atoms with van der Waals surface area (Å²) in [6.07, 6.45) is 0.508. The molecule has 0 atom stereocenters. The summed E-state index contributed by atoms with van der Waals surface area (Å²) < 4.78 is 53.0. The van der Waals surface area contributed by atoms with E-state index in [-0.39, 0.29) is 28.9 Å². The molecule has 2 aromatic heterocycles. The van der Waals surface area contributed by atoms with E-state index >= 15 is 0 Å². The number of carbonyl (C=O) groups excluding carboxylic acids is 1. The Balaban J connectivity index is 2.03. The van der Waals surface area contributed by atoms with E-state index in [2.05, 4.69) is 4.98 Å². The number of amides is 1. The van der Waals surface area contributed by atoms with Crippen molar-refractivity contribution in [1.29, 1.82) is 0 Å². The van der Waals surface area contributed by atoms with Crippen LogP contribution in [0, 0.1) is 19.7 Å². The molecule has 0 fully saturated rings. The highest BCUT2D eigenvalue weighted by Gasteiger charge is 2.20. The first kappa shape index (κ1) is 24.1. The molecule has 0 unspecified atom stereocenters. The number of pyridine rings is 1. The fraction of sp³-hybridized carbons (Fsp3) is 0.286. The molecule has 176 valence electrons. The number of aryl methyl sites for hydroxylation is 2. The van der Waals surface area contributed by atoms with Gasteiger partial charge in [-0.05, 0) is 42.7 Å². The summed E-state index contributed by atoms with van der Waals surface area (Å²) >= 11 is 0. The SMILES string of the molecule is CNS(=O)(=O)Nc1nccc(Cc2c(C)c3cc(C)c(OC(=O)N(C)C)cc3oc2=O)c1F. The second kappa shape index (κ2) is 9.16. The molecule has 0 radical (unpaired) electrons. The first-order valence-corrected chi connectivity index (χ1v) is 11.2. The quantitative estimate of drug-likeness (QED) is 0.521. The molecular formula is C21H23FN4O6S. The Hall–Kier alpha value is -3.51. The average Bonchev–Trinajstić information content (AvgIpc) is 2.74. The molecule has 0 saturated heterocycles. The van der Waals surface area contributed by atoms with Gasteiger partial charge in [-0.2, -0.15) is 8.42 Å². The van der Waals surface area contributed by atoms with E-state index in [0.717, 1.165) is 0 Å². The Labute approximate surface area is 189 Å². The number of rotatable bonds is 6. The summed E-state index contributed by atoms with van der Waals surface area (Å²) in [6.45, 7) is 3.44. The predicted octanol–water partition coefficient (Wildman–Crippen LogP) is 2.47. The minimum absolute atomic E-state index is 0.0572. The Morgan fingerprint density at radius 3 is 2.61 bits per heavy atom. The van der Waals surface area contributed by atoms with Crippen molar-refractivity contribution in [3.8, 4) is 5.75 Å². The van der Waals surface area contributed by atoms with Crippen LogP contribution in [0.2, 0.25) is 0 Å². The van der Waals surface area contributed by atoms with Gasteiger partial charge in [-0.3, -0.25) is 4.72 Å². The third-order valence-corrected chi connectivity index (χ3v) is 5.98. The van der Waals surface area contributed by atoms with Gasteiger partial charge in [0.15, 0.2) is 11.6 Å². The zero-order chi connectivity index (χ0) is 24.5. The molecule has 0 spiro atoms. The lowest BCUT2D eigenvalue weighted by Crippen LogP contribution is -2.27. The molecule has 1 amide bonds. The molecule has 3 aromatic rings. The van der Waals surface area contributed by atoms with Crippen molar-refractivity contribution in [1.82, 2.24) is 14.6 Å². The smallest absolute Gasteiger partial charge is 0.414 e. The summed E-state index contributed by atoms with van der Waals surface area (Å²) in [5.74, 6) is -1.15. The number of carbonyl (C=O) groups is 1. The van der Waals surface area contributed by atoms with E-state index in [0.29, 0.717) is 16.5 Å². The highest BCUT2D eigenvalue weighted by atomic mass is 32.2. The van der Waals surface area contributed by atoms with Crippen LogP contribution in [0.1, 0.15) is 22.3 Å². The number of fused-ring (bicyclic) bond motifs is 1. The number of nitrogens with zero attached hydrogens (tertiary/aromatic N) is 2. The summed E-state index contributed by atoms with van der Waals surface area (Å²) in [5, 5.41) is 0.595. The Morgan fingerprint density at radius 1 is 1.27 bits per heavy atom. The van der Waals surface area contributed by atoms with Crippen LogP contribution in [0.3, 0.4) is 0 Å². The van der Waals surface area contributed by atoms with Gasteiger partial charge in [0.2, 0.25) is 0 Å². The highest BCUT2D eigenvalue weighted by molar-refractivity contribution is 7.90. The molecule has 0 aliphatic heterocycles. The molecule has 0 saturated carbocycles. The lowest BCUT2D eigenvalue weighted by molar-refractivity contribution is 0.171. The van der Waals surface area contributed by atoms with E-state index in [1.165, 1.54) is 30.3 Å². The maximum absolute atomic E-state index is 14.9. The molecule has 0 aliphatic carbocycles. The van der Waals surface area contributed by atoms with Crippen molar-refractivity contribution in [2.45, 2.75) is 20.3 Å². The van der Waals surface area contributed by atoms with Crippen LogP contribution in [0.15, 0.2) is 33.6 Å². The zero-order valence-corrected chi connectivity index (χ0v) is 19.5. The van der Waals surface area contributed by atoms with Crippen LogP contribution in [-0.4, -0.2) is 45.5 Å². The van der Waals surface area contributed by atoms with Gasteiger partial charge >= 0.3 is 11.7 Å². The molecule has 0 aliphatic rings. The van der Waals surface area contributed by atoms with Crippen LogP contribution >= 0.6 is 0 Å². The molecule has 2 N–H and O–H groups in total. The number of ether oxygens (including phenoxy) is 1. The van der Waals surface area contributed by atoms with Gasteiger partial charge in [0.1, 0.15) is 11.3 Å². The van der Waals surface area contributed by atoms with E-state index in [1.807, 2.05) is 9.44 Å². The van der Waals surface area contributed by atoms with Crippen molar-refractivity contribution >= 4 is 33.1 Å². The molecule has 33 heavy (non-hydrogen) atoms. The third-order valence-electron chi connectivity index (χ3n) is 4.98. The van der Waals surface area contributed by atoms with Gasteiger partial charge in [0.25, 0.3) is 10.2 Å². The van der Waals surface area contributed by atoms with Crippen molar-refractivity contribution in [3.63, 3.8) is 0 Å². The molecule has 12 heteroatoms. The highest BCUT2D eigenvalue weighted by Crippen LogP contribution is 2.29. The number of nitrogens with one attached hydrogen (secondary N) is 2. The largest absolute Gasteiger partial charge is 0.422 e. The number of hydrogen-bond acceptors (Lipinski definition) is 7. The second-order valence-electron chi connectivity index (χ2n) is 7.49. The number of hydrogen-bond donors (Lipinski definition) is 2. The molecular weight excluding hydrogens is 455 g/mol. The van der Waals surface area contributed by atoms with Gasteiger partial charge < -0.3 is 14.1 Å². The first-order valence-electron chi connectivity index (χ1n) is 9.74. The average molecular weight is 479 g/mol. The third kappa shape index (κ3) is 5.12. The Kier molecular flexibility index (Phi) is 6.70. The van der Waals surface area contributed by atoms with Crippen LogP contribution in [0.25, 0.3) is 11.0 Å². The monoisotopic (exact) mass is 478 g/mol. The van der Waals surface area contributed by atoms with E-state index in [4.69, 9.17) is 9.15 Å². The van der Waals surface area contributed by atoms with Crippen LogP contribution in [0.4, 0.5) is 15.0 Å². The van der Waals surface area contributed by atoms with E-state index in [1.54, 1.807) is 34.0 Å². The zero-order valence-electron chi connectivity index (χ0n) is 18.6. The van der Waals surface area contributed by atoms with Crippen molar-refractivity contribution in [2.75, 3.05) is 25.9 Å². The van der Waals surface area contributed by atoms with Crippen LogP contribution in [0.5, 0.6) is 5.75 Å². The normalized spacial score (nSPS) is 11.5. The number of halogens is 1. The predicted molar refractivity (Wildman–Crippen MR) is 120 cm³/mol. The van der Waals surface area contributed by atoms with E-state index in [9.17, 15) is 22.4 Å². The van der Waals surface area contributed by atoms with Crippen molar-refractivity contribution < 1.29 is 26.8 Å². The summed E-state index contributed by atoms with van der Waals surface area (Å²) in [5.41, 5.74) is 0.977. The van der Waals surface area contributed by atoms with Gasteiger partial charge in [-0.25, -0.2) is 23.7 Å². The summed E-state index contributed by atoms with van der Waals surface area (Å²) in [6, 6.07) is 4.53. The minimum atomic E-state index is -3.97. The topological polar surface area (TPSA) is 131 Å². The number of anilines is 1. The van der Waals surface area contributed by atoms with Gasteiger partial charge in [0.05, 0.1) is 0 Å². The van der Waals surface area contributed by atoms with Crippen LogP contribution in [-0.2, 0) is 16.6 Å². The van der Waals surface area contributed by atoms with Gasteiger partial charge in [0, 0.05) is 50.8 Å². The lowest BCUT2D eigenvalue weighted by atomic mass is 9.98. The molecule has 2 heterocycles. The van der Waals surface area contributed by atoms with Gasteiger partial charge in [-0.15, -0.1) is 0 Å². The maximum Gasteiger partial charge on any atom is 0.414 e. The van der Waals surface area contributed by atoms with Crippen molar-refractivity contribution in [2.24, 2.45) is 0 Å². The summed E-state index contributed by atoms with van der Waals surface area (Å²) in [7, 11) is 0.283. The number of aromatic nitrogens is 1. The molecule has 1 aromatic carbocycles. The molecule has 3 rings (SSSR count). The molecule has 0 bridgehead atoms. The van der Waals surface area contributed by atoms with E-state index < -0.39 is 33.6 Å².